The fourth-order valence-corrected chi connectivity index (χ4v) is 2.21. The normalized spacial score (nSPS) is 9.92. The van der Waals surface area contributed by atoms with Crippen molar-refractivity contribution < 1.29 is 14.3 Å². The van der Waals surface area contributed by atoms with Crippen molar-refractivity contribution >= 4 is 17.5 Å². The number of nitriles is 1. The number of carbonyl (C=O) groups excluding carboxylic acids is 1. The molecule has 0 saturated heterocycles. The van der Waals surface area contributed by atoms with Gasteiger partial charge in [-0.05, 0) is 48.4 Å². The van der Waals surface area contributed by atoms with Crippen molar-refractivity contribution in [3.63, 3.8) is 0 Å². The molecule has 2 aromatic rings. The summed E-state index contributed by atoms with van der Waals surface area (Å²) in [7, 11) is 0. The zero-order chi connectivity index (χ0) is 17.9. The molecule has 1 N–H and O–H groups in total. The number of nitrogens with one attached hydrogen (secondary N) is 1. The van der Waals surface area contributed by atoms with E-state index in [1.807, 2.05) is 42.5 Å². The molecule has 1 amide bonds. The highest BCUT2D eigenvalue weighted by atomic mass is 35.5. The number of halogens is 1. The molecular weight excluding hydrogens is 340 g/mol. The maximum atomic E-state index is 11.2. The number of ether oxygens (including phenoxy) is 2. The van der Waals surface area contributed by atoms with Gasteiger partial charge in [0.05, 0.1) is 6.07 Å². The summed E-state index contributed by atoms with van der Waals surface area (Å²) in [6, 6.07) is 16.7. The molecule has 0 atom stereocenters. The van der Waals surface area contributed by atoms with Crippen molar-refractivity contribution in [3.05, 3.63) is 59.1 Å². The Hall–Kier alpha value is -2.71. The molecule has 0 unspecified atom stereocenters. The third-order valence-electron chi connectivity index (χ3n) is 3.33. The van der Waals surface area contributed by atoms with Gasteiger partial charge in [-0.25, -0.2) is 0 Å². The molecule has 0 aliphatic rings. The van der Waals surface area contributed by atoms with Crippen molar-refractivity contribution in [1.29, 1.82) is 5.26 Å². The van der Waals surface area contributed by atoms with E-state index in [-0.39, 0.29) is 12.3 Å². The summed E-state index contributed by atoms with van der Waals surface area (Å²) in [6.07, 6.45) is 0.599. The zero-order valence-electron chi connectivity index (χ0n) is 13.7. The number of hydrogen-bond acceptors (Lipinski definition) is 4. The van der Waals surface area contributed by atoms with E-state index in [1.165, 1.54) is 0 Å². The molecule has 0 radical (unpaired) electrons. The molecular formula is C19H19ClN2O3. The molecule has 0 aromatic heterocycles. The van der Waals surface area contributed by atoms with Gasteiger partial charge in [0.2, 0.25) is 5.91 Å². The van der Waals surface area contributed by atoms with Crippen LogP contribution in [0.25, 0.3) is 0 Å². The van der Waals surface area contributed by atoms with Crippen molar-refractivity contribution in [2.45, 2.75) is 12.8 Å². The van der Waals surface area contributed by atoms with Gasteiger partial charge in [-0.1, -0.05) is 23.7 Å². The van der Waals surface area contributed by atoms with Crippen LogP contribution in [0.3, 0.4) is 0 Å². The average Bonchev–Trinajstić information content (AvgIpc) is 2.62. The Kier molecular flexibility index (Phi) is 7.61. The Balaban J connectivity index is 1.65. The minimum atomic E-state index is -0.247. The third kappa shape index (κ3) is 7.15. The molecule has 2 aromatic carbocycles. The summed E-state index contributed by atoms with van der Waals surface area (Å²) in [5, 5.41) is 11.8. The summed E-state index contributed by atoms with van der Waals surface area (Å²) in [6.45, 7) is 1.39. The standard InChI is InChI=1S/C19H19ClN2O3/c20-16-3-7-18(8-4-16)25-14-13-24-17-5-1-15(2-6-17)10-12-22-19(23)9-11-21/h1-8H,9-10,12-14H2,(H,22,23). The quantitative estimate of drug-likeness (QED) is 0.697. The van der Waals surface area contributed by atoms with Crippen LogP contribution in [-0.2, 0) is 11.2 Å². The lowest BCUT2D eigenvalue weighted by atomic mass is 10.1. The van der Waals surface area contributed by atoms with Crippen molar-refractivity contribution in [3.8, 4) is 17.6 Å². The van der Waals surface area contributed by atoms with Crippen LogP contribution in [0.5, 0.6) is 11.5 Å². The van der Waals surface area contributed by atoms with Crippen molar-refractivity contribution in [2.75, 3.05) is 19.8 Å². The van der Waals surface area contributed by atoms with E-state index in [2.05, 4.69) is 5.32 Å². The predicted molar refractivity (Wildman–Crippen MR) is 95.8 cm³/mol. The molecule has 6 heteroatoms. The summed E-state index contributed by atoms with van der Waals surface area (Å²) >= 11 is 5.81. The highest BCUT2D eigenvalue weighted by Crippen LogP contribution is 2.16. The largest absolute Gasteiger partial charge is 0.490 e. The minimum Gasteiger partial charge on any atom is -0.490 e. The molecule has 130 valence electrons. The van der Waals surface area contributed by atoms with E-state index in [1.54, 1.807) is 12.1 Å². The molecule has 0 aliphatic heterocycles. The maximum absolute atomic E-state index is 11.2. The average molecular weight is 359 g/mol. The van der Waals surface area contributed by atoms with Gasteiger partial charge < -0.3 is 14.8 Å². The van der Waals surface area contributed by atoms with Gasteiger partial charge in [0, 0.05) is 11.6 Å². The van der Waals surface area contributed by atoms with Crippen LogP contribution >= 0.6 is 11.6 Å². The highest BCUT2D eigenvalue weighted by molar-refractivity contribution is 6.30. The van der Waals surface area contributed by atoms with Crippen LogP contribution in [0.2, 0.25) is 5.02 Å². The molecule has 0 bridgehead atoms. The van der Waals surface area contributed by atoms with Gasteiger partial charge in [-0.3, -0.25) is 4.79 Å². The number of benzene rings is 2. The Morgan fingerprint density at radius 3 is 2.12 bits per heavy atom. The summed E-state index contributed by atoms with van der Waals surface area (Å²) in [4.78, 5) is 11.2. The van der Waals surface area contributed by atoms with Crippen molar-refractivity contribution in [1.82, 2.24) is 5.32 Å². The third-order valence-corrected chi connectivity index (χ3v) is 3.59. The highest BCUT2D eigenvalue weighted by Gasteiger charge is 2.00. The summed E-state index contributed by atoms with van der Waals surface area (Å²) in [5.41, 5.74) is 1.09. The number of nitrogens with zero attached hydrogens (tertiary/aromatic N) is 1. The van der Waals surface area contributed by atoms with E-state index in [9.17, 15) is 4.79 Å². The first-order valence-corrected chi connectivity index (χ1v) is 8.29. The van der Waals surface area contributed by atoms with E-state index in [0.717, 1.165) is 17.1 Å². The number of rotatable bonds is 9. The second-order valence-corrected chi connectivity index (χ2v) is 5.67. The SMILES string of the molecule is N#CCC(=O)NCCc1ccc(OCCOc2ccc(Cl)cc2)cc1. The lowest BCUT2D eigenvalue weighted by molar-refractivity contribution is -0.120. The Bertz CT molecular complexity index is 709. The monoisotopic (exact) mass is 358 g/mol. The van der Waals surface area contributed by atoms with Gasteiger partial charge in [0.15, 0.2) is 0 Å². The first-order chi connectivity index (χ1) is 12.2. The summed E-state index contributed by atoms with van der Waals surface area (Å²) in [5.74, 6) is 1.27. The maximum Gasteiger partial charge on any atom is 0.234 e. The number of carbonyl (C=O) groups is 1. The molecule has 0 spiro atoms. The van der Waals surface area contributed by atoms with Crippen LogP contribution in [0.4, 0.5) is 0 Å². The van der Waals surface area contributed by atoms with Gasteiger partial charge >= 0.3 is 0 Å². The van der Waals surface area contributed by atoms with E-state index in [4.69, 9.17) is 26.3 Å². The van der Waals surface area contributed by atoms with Crippen LogP contribution in [0.15, 0.2) is 48.5 Å². The minimum absolute atomic E-state index is 0.106. The first-order valence-electron chi connectivity index (χ1n) is 7.91. The topological polar surface area (TPSA) is 71.4 Å². The molecule has 0 aliphatic carbocycles. The molecule has 0 fully saturated rings. The van der Waals surface area contributed by atoms with Gasteiger partial charge in [0.25, 0.3) is 0 Å². The van der Waals surface area contributed by atoms with E-state index >= 15 is 0 Å². The summed E-state index contributed by atoms with van der Waals surface area (Å²) < 4.78 is 11.2. The second-order valence-electron chi connectivity index (χ2n) is 5.23. The van der Waals surface area contributed by atoms with Gasteiger partial charge in [-0.15, -0.1) is 0 Å². The molecule has 25 heavy (non-hydrogen) atoms. The molecule has 5 nitrogen and oxygen atoms in total. The second kappa shape index (κ2) is 10.2. The van der Waals surface area contributed by atoms with E-state index in [0.29, 0.717) is 31.2 Å². The van der Waals surface area contributed by atoms with Gasteiger partial charge in [-0.2, -0.15) is 5.26 Å². The Morgan fingerprint density at radius 2 is 1.56 bits per heavy atom. The molecule has 0 heterocycles. The predicted octanol–water partition coefficient (Wildman–Crippen LogP) is 3.37. The first kappa shape index (κ1) is 18.6. The van der Waals surface area contributed by atoms with Gasteiger partial charge in [0.1, 0.15) is 31.1 Å². The van der Waals surface area contributed by atoms with E-state index < -0.39 is 0 Å². The zero-order valence-corrected chi connectivity index (χ0v) is 14.5. The lowest BCUT2D eigenvalue weighted by Crippen LogP contribution is -2.24. The van der Waals surface area contributed by atoms with Crippen LogP contribution < -0.4 is 14.8 Å². The molecule has 0 saturated carbocycles. The Labute approximate surface area is 152 Å². The number of amides is 1. The van der Waals surface area contributed by atoms with Crippen molar-refractivity contribution in [2.24, 2.45) is 0 Å². The molecule has 2 rings (SSSR count). The van der Waals surface area contributed by atoms with Crippen LogP contribution in [-0.4, -0.2) is 25.7 Å². The van der Waals surface area contributed by atoms with Crippen LogP contribution in [0.1, 0.15) is 12.0 Å². The lowest BCUT2D eigenvalue weighted by Gasteiger charge is -2.09. The number of hydrogen-bond donors (Lipinski definition) is 1. The smallest absolute Gasteiger partial charge is 0.234 e. The fourth-order valence-electron chi connectivity index (χ4n) is 2.08. The fraction of sp³-hybridized carbons (Fsp3) is 0.263. The van der Waals surface area contributed by atoms with Crippen LogP contribution in [0, 0.1) is 11.3 Å². The Morgan fingerprint density at radius 1 is 1.00 bits per heavy atom.